The minimum absolute atomic E-state index is 0.533. The van der Waals surface area contributed by atoms with Gasteiger partial charge < -0.3 is 10.6 Å². The molecule has 0 bridgehead atoms. The van der Waals surface area contributed by atoms with Crippen LogP contribution in [0.25, 0.3) is 0 Å². The van der Waals surface area contributed by atoms with Gasteiger partial charge in [0.1, 0.15) is 5.82 Å². The highest BCUT2D eigenvalue weighted by Gasteiger charge is 2.24. The highest BCUT2D eigenvalue weighted by atomic mass is 15.3. The van der Waals surface area contributed by atoms with Crippen molar-refractivity contribution in [2.24, 2.45) is 5.92 Å². The Bertz CT molecular complexity index is 604. The number of fused-ring (bicyclic) bond motifs is 2. The molecule has 1 aliphatic heterocycles. The van der Waals surface area contributed by atoms with Crippen molar-refractivity contribution in [2.45, 2.75) is 25.4 Å². The third-order valence-corrected chi connectivity index (χ3v) is 4.51. The first-order chi connectivity index (χ1) is 9.90. The monoisotopic (exact) mass is 268 g/mol. The maximum absolute atomic E-state index is 4.35. The average Bonchev–Trinajstić information content (AvgIpc) is 3.11. The van der Waals surface area contributed by atoms with Crippen LogP contribution in [-0.2, 0) is 13.0 Å². The first-order valence-electron chi connectivity index (χ1n) is 7.47. The van der Waals surface area contributed by atoms with E-state index in [0.717, 1.165) is 25.5 Å². The number of benzene rings is 1. The van der Waals surface area contributed by atoms with Gasteiger partial charge in [0.25, 0.3) is 0 Å². The van der Waals surface area contributed by atoms with Crippen molar-refractivity contribution in [3.8, 4) is 0 Å². The van der Waals surface area contributed by atoms with E-state index in [1.807, 2.05) is 12.3 Å². The van der Waals surface area contributed by atoms with Crippen molar-refractivity contribution in [1.29, 1.82) is 0 Å². The summed E-state index contributed by atoms with van der Waals surface area (Å²) < 4.78 is 2.07. The van der Waals surface area contributed by atoms with E-state index >= 15 is 0 Å². The molecule has 2 aliphatic rings. The lowest BCUT2D eigenvalue weighted by Gasteiger charge is -2.26. The molecular weight excluding hydrogens is 248 g/mol. The fourth-order valence-corrected chi connectivity index (χ4v) is 3.40. The van der Waals surface area contributed by atoms with Crippen LogP contribution in [0.4, 0.5) is 5.82 Å². The highest BCUT2D eigenvalue weighted by molar-refractivity contribution is 5.36. The van der Waals surface area contributed by atoms with E-state index in [1.165, 1.54) is 24.0 Å². The van der Waals surface area contributed by atoms with E-state index in [0.29, 0.717) is 12.0 Å². The van der Waals surface area contributed by atoms with Crippen molar-refractivity contribution in [1.82, 2.24) is 15.1 Å². The summed E-state index contributed by atoms with van der Waals surface area (Å²) in [5.41, 5.74) is 3.01. The SMILES string of the molecule is c1ccc2c(c1)CC[C@H]2NC[C@H]1CNc2ccnn2C1. The molecular formula is C16H20N4. The fourth-order valence-electron chi connectivity index (χ4n) is 3.40. The van der Waals surface area contributed by atoms with Crippen molar-refractivity contribution in [2.75, 3.05) is 18.4 Å². The van der Waals surface area contributed by atoms with Crippen LogP contribution < -0.4 is 10.6 Å². The van der Waals surface area contributed by atoms with E-state index in [-0.39, 0.29) is 0 Å². The lowest BCUT2D eigenvalue weighted by molar-refractivity contribution is 0.370. The minimum atomic E-state index is 0.533. The first kappa shape index (κ1) is 12.0. The zero-order valence-electron chi connectivity index (χ0n) is 11.5. The molecule has 4 heteroatoms. The molecule has 1 aromatic heterocycles. The maximum Gasteiger partial charge on any atom is 0.124 e. The molecule has 1 aromatic carbocycles. The second-order valence-corrected chi connectivity index (χ2v) is 5.84. The fraction of sp³-hybridized carbons (Fsp3) is 0.438. The quantitative estimate of drug-likeness (QED) is 0.897. The van der Waals surface area contributed by atoms with Gasteiger partial charge in [-0.15, -0.1) is 0 Å². The Labute approximate surface area is 119 Å². The molecule has 0 fully saturated rings. The zero-order valence-corrected chi connectivity index (χ0v) is 11.5. The highest BCUT2D eigenvalue weighted by Crippen LogP contribution is 2.30. The number of rotatable bonds is 3. The van der Waals surface area contributed by atoms with Crippen LogP contribution in [0.2, 0.25) is 0 Å². The molecule has 0 saturated heterocycles. The largest absolute Gasteiger partial charge is 0.370 e. The number of anilines is 1. The predicted octanol–water partition coefficient (Wildman–Crippen LogP) is 2.20. The Kier molecular flexibility index (Phi) is 2.96. The summed E-state index contributed by atoms with van der Waals surface area (Å²) in [5.74, 6) is 1.75. The molecule has 2 aromatic rings. The molecule has 4 nitrogen and oxygen atoms in total. The van der Waals surface area contributed by atoms with Crippen LogP contribution >= 0.6 is 0 Å². The molecule has 20 heavy (non-hydrogen) atoms. The number of aryl methyl sites for hydroxylation is 1. The van der Waals surface area contributed by atoms with Gasteiger partial charge in [-0.2, -0.15) is 5.10 Å². The van der Waals surface area contributed by atoms with E-state index < -0.39 is 0 Å². The van der Waals surface area contributed by atoms with E-state index in [1.54, 1.807) is 0 Å². The third-order valence-electron chi connectivity index (χ3n) is 4.51. The average molecular weight is 268 g/mol. The summed E-state index contributed by atoms with van der Waals surface area (Å²) in [6, 6.07) is 11.4. The maximum atomic E-state index is 4.35. The normalized spacial score (nSPS) is 24.0. The zero-order chi connectivity index (χ0) is 13.4. The van der Waals surface area contributed by atoms with Gasteiger partial charge in [0.05, 0.1) is 6.20 Å². The van der Waals surface area contributed by atoms with Crippen LogP contribution in [0.3, 0.4) is 0 Å². The second-order valence-electron chi connectivity index (χ2n) is 5.84. The van der Waals surface area contributed by atoms with E-state index in [2.05, 4.69) is 44.7 Å². The van der Waals surface area contributed by atoms with Gasteiger partial charge in [0.2, 0.25) is 0 Å². The molecule has 4 rings (SSSR count). The van der Waals surface area contributed by atoms with Crippen LogP contribution in [-0.4, -0.2) is 22.9 Å². The Hall–Kier alpha value is -1.81. The molecule has 0 radical (unpaired) electrons. The number of nitrogens with one attached hydrogen (secondary N) is 2. The lowest BCUT2D eigenvalue weighted by Crippen LogP contribution is -2.36. The molecule has 1 aliphatic carbocycles. The van der Waals surface area contributed by atoms with Crippen LogP contribution in [0.5, 0.6) is 0 Å². The van der Waals surface area contributed by atoms with Gasteiger partial charge in [-0.25, -0.2) is 4.68 Å². The van der Waals surface area contributed by atoms with Crippen molar-refractivity contribution in [3.63, 3.8) is 0 Å². The number of nitrogens with zero attached hydrogens (tertiary/aromatic N) is 2. The Morgan fingerprint density at radius 1 is 1.30 bits per heavy atom. The standard InChI is InChI=1S/C16H20N4/c1-2-4-14-13(3-1)5-6-15(14)17-9-12-10-18-16-7-8-19-20(16)11-12/h1-4,7-8,12,15,17-18H,5-6,9-11H2/t12-,15+/m0/s1. The van der Waals surface area contributed by atoms with Gasteiger partial charge in [-0.1, -0.05) is 24.3 Å². The van der Waals surface area contributed by atoms with Crippen molar-refractivity contribution in [3.05, 3.63) is 47.7 Å². The smallest absolute Gasteiger partial charge is 0.124 e. The Balaban J connectivity index is 1.38. The van der Waals surface area contributed by atoms with Crippen LogP contribution in [0.1, 0.15) is 23.6 Å². The van der Waals surface area contributed by atoms with Gasteiger partial charge in [-0.3, -0.25) is 0 Å². The molecule has 2 N–H and O–H groups in total. The van der Waals surface area contributed by atoms with Crippen LogP contribution in [0, 0.1) is 5.92 Å². The first-order valence-corrected chi connectivity index (χ1v) is 7.47. The Morgan fingerprint density at radius 2 is 2.25 bits per heavy atom. The summed E-state index contributed by atoms with van der Waals surface area (Å²) in [5, 5.41) is 11.5. The summed E-state index contributed by atoms with van der Waals surface area (Å²) >= 11 is 0. The van der Waals surface area contributed by atoms with Crippen LogP contribution in [0.15, 0.2) is 36.5 Å². The topological polar surface area (TPSA) is 41.9 Å². The van der Waals surface area contributed by atoms with Crippen molar-refractivity contribution >= 4 is 5.82 Å². The van der Waals surface area contributed by atoms with Gasteiger partial charge >= 0.3 is 0 Å². The second kappa shape index (κ2) is 4.94. The molecule has 0 spiro atoms. The molecule has 0 amide bonds. The lowest BCUT2D eigenvalue weighted by atomic mass is 10.1. The summed E-state index contributed by atoms with van der Waals surface area (Å²) in [4.78, 5) is 0. The summed E-state index contributed by atoms with van der Waals surface area (Å²) in [6.07, 6.45) is 4.30. The molecule has 2 atom stereocenters. The third kappa shape index (κ3) is 2.10. The van der Waals surface area contributed by atoms with Crippen molar-refractivity contribution < 1.29 is 0 Å². The molecule has 104 valence electrons. The van der Waals surface area contributed by atoms with E-state index in [4.69, 9.17) is 0 Å². The predicted molar refractivity (Wildman–Crippen MR) is 79.7 cm³/mol. The number of hydrogen-bond donors (Lipinski definition) is 2. The summed E-state index contributed by atoms with van der Waals surface area (Å²) in [7, 11) is 0. The van der Waals surface area contributed by atoms with Gasteiger partial charge in [0.15, 0.2) is 0 Å². The molecule has 0 saturated carbocycles. The van der Waals surface area contributed by atoms with Gasteiger partial charge in [0, 0.05) is 37.7 Å². The summed E-state index contributed by atoms with van der Waals surface area (Å²) in [6.45, 7) is 3.09. The number of aromatic nitrogens is 2. The minimum Gasteiger partial charge on any atom is -0.370 e. The van der Waals surface area contributed by atoms with Gasteiger partial charge in [-0.05, 0) is 24.0 Å². The molecule has 2 heterocycles. The Morgan fingerprint density at radius 3 is 3.25 bits per heavy atom. The number of hydrogen-bond acceptors (Lipinski definition) is 3. The molecule has 0 unspecified atom stereocenters. The van der Waals surface area contributed by atoms with E-state index in [9.17, 15) is 0 Å².